The van der Waals surface area contributed by atoms with Crippen LogP contribution in [0.25, 0.3) is 22.1 Å². The topological polar surface area (TPSA) is 102 Å². The van der Waals surface area contributed by atoms with Crippen LogP contribution in [-0.2, 0) is 9.53 Å². The minimum Gasteiger partial charge on any atom is -0.480 e. The van der Waals surface area contributed by atoms with E-state index in [1.54, 1.807) is 6.92 Å². The zero-order valence-electron chi connectivity index (χ0n) is 19.9. The molecule has 7 heteroatoms. The van der Waals surface area contributed by atoms with Gasteiger partial charge in [-0.05, 0) is 61.2 Å². The molecule has 1 fully saturated rings. The molecule has 1 aliphatic rings. The molecule has 1 atom stereocenters. The van der Waals surface area contributed by atoms with Gasteiger partial charge in [0.2, 0.25) is 0 Å². The van der Waals surface area contributed by atoms with Crippen LogP contribution in [0.15, 0.2) is 71.3 Å². The minimum atomic E-state index is -0.883. The Morgan fingerprint density at radius 2 is 1.81 bits per heavy atom. The summed E-state index contributed by atoms with van der Waals surface area (Å²) >= 11 is 0. The molecule has 0 aliphatic heterocycles. The Hall–Kier alpha value is -4.57. The first-order valence-electron chi connectivity index (χ1n) is 11.6. The third-order valence-electron chi connectivity index (χ3n) is 6.35. The average Bonchev–Trinajstić information content (AvgIpc) is 3.60. The lowest BCUT2D eigenvalue weighted by molar-refractivity contribution is -0.141. The van der Waals surface area contributed by atoms with E-state index in [-0.39, 0.29) is 0 Å². The number of hydrogen-bond donors (Lipinski definition) is 2. The van der Waals surface area contributed by atoms with E-state index in [4.69, 9.17) is 9.26 Å². The standard InChI is InChI=1S/C29H24N2O5/c1-18-25(30-28(34)35-19(2)21-6-4-3-5-7-21)26(36-31-18)24-11-10-22-16-20(8-9-23(22)17-24)12-13-29(14-15-29)27(32)33/h3-11,16-17,19H,14-15H2,1-2H3,(H,30,34)(H,32,33)/t19-/m1/s1. The lowest BCUT2D eigenvalue weighted by atomic mass is 10.0. The molecule has 5 rings (SSSR count). The van der Waals surface area contributed by atoms with Gasteiger partial charge in [0.05, 0.1) is 0 Å². The number of rotatable bonds is 5. The number of fused-ring (bicyclic) bond motifs is 1. The Balaban J connectivity index is 1.35. The molecule has 1 heterocycles. The van der Waals surface area contributed by atoms with E-state index in [1.165, 1.54) is 0 Å². The summed E-state index contributed by atoms with van der Waals surface area (Å²) < 4.78 is 11.1. The lowest BCUT2D eigenvalue weighted by Gasteiger charge is -2.14. The third kappa shape index (κ3) is 4.66. The third-order valence-corrected chi connectivity index (χ3v) is 6.35. The van der Waals surface area contributed by atoms with Crippen molar-refractivity contribution in [3.05, 3.63) is 83.6 Å². The van der Waals surface area contributed by atoms with E-state index in [0.717, 1.165) is 27.5 Å². The molecule has 7 nitrogen and oxygen atoms in total. The predicted octanol–water partition coefficient (Wildman–Crippen LogP) is 6.33. The maximum atomic E-state index is 12.6. The first-order chi connectivity index (χ1) is 17.3. The van der Waals surface area contributed by atoms with Gasteiger partial charge >= 0.3 is 12.1 Å². The number of ether oxygens (including phenoxy) is 1. The number of carboxylic acid groups (broad SMARTS) is 1. The minimum absolute atomic E-state index is 0.418. The second kappa shape index (κ2) is 9.23. The summed E-state index contributed by atoms with van der Waals surface area (Å²) in [7, 11) is 0. The molecular weight excluding hydrogens is 456 g/mol. The van der Waals surface area contributed by atoms with E-state index in [0.29, 0.717) is 30.0 Å². The number of benzene rings is 3. The SMILES string of the molecule is Cc1noc(-c2ccc3cc(C#CC4(C(=O)O)CC4)ccc3c2)c1NC(=O)O[C@H](C)c1ccccc1. The number of amides is 1. The number of nitrogens with zero attached hydrogens (tertiary/aromatic N) is 1. The number of carbonyl (C=O) groups excluding carboxylic acids is 1. The van der Waals surface area contributed by atoms with Crippen LogP contribution in [-0.4, -0.2) is 22.3 Å². The maximum Gasteiger partial charge on any atom is 0.412 e. The Bertz CT molecular complexity index is 1520. The summed E-state index contributed by atoms with van der Waals surface area (Å²) in [5, 5.41) is 18.0. The Morgan fingerprint density at radius 1 is 1.08 bits per heavy atom. The van der Waals surface area contributed by atoms with Gasteiger partial charge in [0, 0.05) is 11.1 Å². The molecule has 0 spiro atoms. The van der Waals surface area contributed by atoms with E-state index in [1.807, 2.05) is 73.7 Å². The highest BCUT2D eigenvalue weighted by Crippen LogP contribution is 2.45. The summed E-state index contributed by atoms with van der Waals surface area (Å²) in [4.78, 5) is 24.0. The van der Waals surface area contributed by atoms with Gasteiger partial charge in [-0.2, -0.15) is 0 Å². The normalized spacial score (nSPS) is 14.4. The second-order valence-corrected chi connectivity index (χ2v) is 8.97. The summed E-state index contributed by atoms with van der Waals surface area (Å²) in [6, 6.07) is 21.0. The van der Waals surface area contributed by atoms with Crippen molar-refractivity contribution in [1.29, 1.82) is 0 Å². The van der Waals surface area contributed by atoms with Crippen molar-refractivity contribution in [2.24, 2.45) is 5.41 Å². The molecule has 1 saturated carbocycles. The van der Waals surface area contributed by atoms with Crippen LogP contribution in [0.2, 0.25) is 0 Å². The molecule has 0 unspecified atom stereocenters. The molecule has 0 saturated heterocycles. The van der Waals surface area contributed by atoms with Gasteiger partial charge in [-0.15, -0.1) is 0 Å². The summed E-state index contributed by atoms with van der Waals surface area (Å²) in [5.74, 6) is 5.50. The molecular formula is C29H24N2O5. The van der Waals surface area contributed by atoms with Crippen molar-refractivity contribution in [3.8, 4) is 23.2 Å². The summed E-state index contributed by atoms with van der Waals surface area (Å²) in [6.45, 7) is 3.56. The van der Waals surface area contributed by atoms with Crippen molar-refractivity contribution in [3.63, 3.8) is 0 Å². The van der Waals surface area contributed by atoms with Gasteiger partial charge in [-0.3, -0.25) is 10.1 Å². The fraction of sp³-hybridized carbons (Fsp3) is 0.207. The molecule has 180 valence electrons. The highest BCUT2D eigenvalue weighted by atomic mass is 16.6. The van der Waals surface area contributed by atoms with E-state index in [2.05, 4.69) is 22.3 Å². The largest absolute Gasteiger partial charge is 0.480 e. The van der Waals surface area contributed by atoms with Gasteiger partial charge in [0.15, 0.2) is 5.76 Å². The molecule has 1 amide bonds. The van der Waals surface area contributed by atoms with Crippen molar-refractivity contribution in [2.45, 2.75) is 32.8 Å². The summed E-state index contributed by atoms with van der Waals surface area (Å²) in [5.41, 5.74) is 2.50. The van der Waals surface area contributed by atoms with E-state index < -0.39 is 23.6 Å². The van der Waals surface area contributed by atoms with Gasteiger partial charge in [0.1, 0.15) is 22.9 Å². The van der Waals surface area contributed by atoms with Crippen molar-refractivity contribution < 1.29 is 24.0 Å². The molecule has 4 aromatic rings. The number of aliphatic carboxylic acids is 1. The maximum absolute atomic E-state index is 12.6. The molecule has 2 N–H and O–H groups in total. The van der Waals surface area contributed by atoms with Gasteiger partial charge in [-0.25, -0.2) is 4.79 Å². The number of hydrogen-bond acceptors (Lipinski definition) is 5. The lowest BCUT2D eigenvalue weighted by Crippen LogP contribution is -2.16. The fourth-order valence-electron chi connectivity index (χ4n) is 3.97. The zero-order valence-corrected chi connectivity index (χ0v) is 19.9. The first kappa shape index (κ1) is 23.2. The Labute approximate surface area is 208 Å². The number of carbonyl (C=O) groups is 2. The number of aryl methyl sites for hydroxylation is 1. The molecule has 3 aromatic carbocycles. The van der Waals surface area contributed by atoms with Crippen molar-refractivity contribution >= 4 is 28.5 Å². The highest BCUT2D eigenvalue weighted by Gasteiger charge is 2.49. The first-order valence-corrected chi connectivity index (χ1v) is 11.6. The highest BCUT2D eigenvalue weighted by molar-refractivity contribution is 5.94. The van der Waals surface area contributed by atoms with Crippen LogP contribution in [0, 0.1) is 24.2 Å². The number of aromatic nitrogens is 1. The zero-order chi connectivity index (χ0) is 25.3. The number of carboxylic acids is 1. The van der Waals surface area contributed by atoms with Gasteiger partial charge < -0.3 is 14.4 Å². The predicted molar refractivity (Wildman–Crippen MR) is 135 cm³/mol. The van der Waals surface area contributed by atoms with E-state index >= 15 is 0 Å². The molecule has 0 radical (unpaired) electrons. The molecule has 36 heavy (non-hydrogen) atoms. The molecule has 0 bridgehead atoms. The number of anilines is 1. The van der Waals surface area contributed by atoms with Gasteiger partial charge in [-0.1, -0.05) is 65.5 Å². The van der Waals surface area contributed by atoms with Crippen molar-refractivity contribution in [2.75, 3.05) is 5.32 Å². The van der Waals surface area contributed by atoms with Crippen LogP contribution in [0.1, 0.15) is 42.7 Å². The molecule has 1 aliphatic carbocycles. The fourth-order valence-corrected chi connectivity index (χ4v) is 3.97. The smallest absolute Gasteiger partial charge is 0.412 e. The van der Waals surface area contributed by atoms with Gasteiger partial charge in [0.25, 0.3) is 0 Å². The van der Waals surface area contributed by atoms with E-state index in [9.17, 15) is 14.7 Å². The van der Waals surface area contributed by atoms with Crippen LogP contribution < -0.4 is 5.32 Å². The monoisotopic (exact) mass is 480 g/mol. The quantitative estimate of drug-likeness (QED) is 0.324. The second-order valence-electron chi connectivity index (χ2n) is 8.97. The molecule has 1 aromatic heterocycles. The summed E-state index contributed by atoms with van der Waals surface area (Å²) in [6.07, 6.45) is 0.173. The Kier molecular flexibility index (Phi) is 5.95. The van der Waals surface area contributed by atoms with Crippen LogP contribution in [0.4, 0.5) is 10.5 Å². The van der Waals surface area contributed by atoms with Crippen LogP contribution in [0.5, 0.6) is 0 Å². The van der Waals surface area contributed by atoms with Crippen molar-refractivity contribution in [1.82, 2.24) is 5.16 Å². The van der Waals surface area contributed by atoms with Crippen LogP contribution in [0.3, 0.4) is 0 Å². The average molecular weight is 481 g/mol. The number of nitrogens with one attached hydrogen (secondary N) is 1. The Morgan fingerprint density at radius 3 is 2.53 bits per heavy atom. The van der Waals surface area contributed by atoms with Crippen LogP contribution >= 0.6 is 0 Å².